The molecule has 2 aromatic rings. The Morgan fingerprint density at radius 2 is 1.83 bits per heavy atom. The Morgan fingerprint density at radius 3 is 2.40 bits per heavy atom. The van der Waals surface area contributed by atoms with Gasteiger partial charge in [0.1, 0.15) is 12.4 Å². The number of hydrogen-bond acceptors (Lipinski definition) is 6. The topological polar surface area (TPSA) is 112 Å². The van der Waals surface area contributed by atoms with Crippen molar-refractivity contribution in [3.8, 4) is 0 Å². The van der Waals surface area contributed by atoms with Crippen molar-refractivity contribution in [1.82, 2.24) is 10.6 Å². The van der Waals surface area contributed by atoms with Crippen LogP contribution in [0.3, 0.4) is 0 Å². The number of hydrogen-bond donors (Lipinski definition) is 4. The summed E-state index contributed by atoms with van der Waals surface area (Å²) in [4.78, 5) is 28.3. The Hall–Kier alpha value is -3.60. The van der Waals surface area contributed by atoms with Gasteiger partial charge in [0.15, 0.2) is 11.6 Å². The van der Waals surface area contributed by atoms with Gasteiger partial charge in [-0.05, 0) is 37.1 Å². The molecule has 0 radical (unpaired) electrons. The van der Waals surface area contributed by atoms with E-state index in [1.54, 1.807) is 19.9 Å². The van der Waals surface area contributed by atoms with E-state index in [1.807, 2.05) is 6.92 Å². The molecule has 8 nitrogen and oxygen atoms in total. The Kier molecular flexibility index (Phi) is 12.9. The quantitative estimate of drug-likeness (QED) is 0.227. The molecule has 2 aromatic carbocycles. The first-order valence-electron chi connectivity index (χ1n) is 11.0. The van der Waals surface area contributed by atoms with Crippen LogP contribution in [-0.4, -0.2) is 49.9 Å². The lowest BCUT2D eigenvalue weighted by Crippen LogP contribution is -2.25. The van der Waals surface area contributed by atoms with Crippen molar-refractivity contribution in [2.24, 2.45) is 5.16 Å². The number of rotatable bonds is 10. The van der Waals surface area contributed by atoms with Gasteiger partial charge < -0.3 is 25.9 Å². The molecule has 0 aliphatic carbocycles. The zero-order chi connectivity index (χ0) is 26.4. The predicted molar refractivity (Wildman–Crippen MR) is 128 cm³/mol. The summed E-state index contributed by atoms with van der Waals surface area (Å²) in [5.74, 6) is -4.24. The maximum Gasteiger partial charge on any atom is 0.253 e. The van der Waals surface area contributed by atoms with E-state index in [4.69, 9.17) is 9.94 Å². The normalized spacial score (nSPS) is 10.4. The van der Waals surface area contributed by atoms with E-state index in [0.717, 1.165) is 18.7 Å². The van der Waals surface area contributed by atoms with E-state index >= 15 is 0 Å². The summed E-state index contributed by atoms with van der Waals surface area (Å²) in [5.41, 5.74) is -0.586. The SMILES string of the molecule is CCC(=O)NCCO/N=C/c1cc(C(=O)NC)c(Nc2ccc(C)cc2F)c(F)c1F.CCCO. The summed E-state index contributed by atoms with van der Waals surface area (Å²) in [7, 11) is 1.32. The van der Waals surface area contributed by atoms with Crippen LogP contribution in [0.15, 0.2) is 29.4 Å². The number of carbonyl (C=O) groups is 2. The van der Waals surface area contributed by atoms with Crippen molar-refractivity contribution in [3.05, 3.63) is 58.4 Å². The number of nitrogens with one attached hydrogen (secondary N) is 3. The van der Waals surface area contributed by atoms with Gasteiger partial charge in [-0.1, -0.05) is 25.1 Å². The number of anilines is 2. The van der Waals surface area contributed by atoms with Crippen LogP contribution >= 0.6 is 0 Å². The first-order chi connectivity index (χ1) is 16.7. The predicted octanol–water partition coefficient (Wildman–Crippen LogP) is 3.78. The van der Waals surface area contributed by atoms with Gasteiger partial charge in [-0.2, -0.15) is 0 Å². The molecule has 0 aliphatic heterocycles. The van der Waals surface area contributed by atoms with Gasteiger partial charge >= 0.3 is 0 Å². The van der Waals surface area contributed by atoms with Crippen molar-refractivity contribution in [1.29, 1.82) is 0 Å². The van der Waals surface area contributed by atoms with E-state index in [0.29, 0.717) is 18.6 Å². The molecule has 0 unspecified atom stereocenters. The van der Waals surface area contributed by atoms with Crippen LogP contribution in [0.4, 0.5) is 24.5 Å². The molecule has 11 heteroatoms. The Balaban J connectivity index is 0.00000142. The molecule has 0 bridgehead atoms. The zero-order valence-corrected chi connectivity index (χ0v) is 20.2. The molecule has 0 saturated carbocycles. The molecule has 0 saturated heterocycles. The smallest absolute Gasteiger partial charge is 0.253 e. The molecular formula is C24H31F3N4O4. The van der Waals surface area contributed by atoms with Gasteiger partial charge in [-0.25, -0.2) is 13.2 Å². The monoisotopic (exact) mass is 496 g/mol. The van der Waals surface area contributed by atoms with Crippen LogP contribution in [0.2, 0.25) is 0 Å². The number of amides is 2. The van der Waals surface area contributed by atoms with Gasteiger partial charge in [0.2, 0.25) is 5.91 Å². The van der Waals surface area contributed by atoms with Crippen LogP contribution in [0.1, 0.15) is 48.2 Å². The largest absolute Gasteiger partial charge is 0.396 e. The number of halogens is 3. The van der Waals surface area contributed by atoms with Crippen molar-refractivity contribution < 1.29 is 32.7 Å². The van der Waals surface area contributed by atoms with Crippen LogP contribution in [-0.2, 0) is 9.63 Å². The minimum absolute atomic E-state index is 0.0149. The second-order valence-electron chi connectivity index (χ2n) is 7.20. The summed E-state index contributed by atoms with van der Waals surface area (Å²) in [5, 5.41) is 18.7. The average Bonchev–Trinajstić information content (AvgIpc) is 2.85. The van der Waals surface area contributed by atoms with Gasteiger partial charge in [-0.15, -0.1) is 0 Å². The summed E-state index contributed by atoms with van der Waals surface area (Å²) in [6, 6.07) is 5.23. The Morgan fingerprint density at radius 1 is 1.14 bits per heavy atom. The third kappa shape index (κ3) is 9.28. The highest BCUT2D eigenvalue weighted by Gasteiger charge is 2.22. The van der Waals surface area contributed by atoms with Crippen LogP contribution in [0.25, 0.3) is 0 Å². The molecule has 0 atom stereocenters. The van der Waals surface area contributed by atoms with Crippen LogP contribution in [0.5, 0.6) is 0 Å². The number of benzene rings is 2. The fourth-order valence-corrected chi connectivity index (χ4v) is 2.54. The number of aryl methyl sites for hydroxylation is 1. The lowest BCUT2D eigenvalue weighted by Gasteiger charge is -2.15. The second-order valence-corrected chi connectivity index (χ2v) is 7.20. The first-order valence-corrected chi connectivity index (χ1v) is 11.0. The van der Waals surface area contributed by atoms with E-state index < -0.39 is 29.0 Å². The second kappa shape index (κ2) is 15.3. The van der Waals surface area contributed by atoms with Crippen molar-refractivity contribution in [2.75, 3.05) is 32.1 Å². The van der Waals surface area contributed by atoms with Crippen LogP contribution < -0.4 is 16.0 Å². The van der Waals surface area contributed by atoms with Crippen molar-refractivity contribution >= 4 is 29.4 Å². The zero-order valence-electron chi connectivity index (χ0n) is 20.2. The maximum absolute atomic E-state index is 14.8. The molecular weight excluding hydrogens is 465 g/mol. The van der Waals surface area contributed by atoms with Crippen molar-refractivity contribution in [2.45, 2.75) is 33.6 Å². The minimum atomic E-state index is -1.38. The van der Waals surface area contributed by atoms with Gasteiger partial charge in [0.05, 0.1) is 29.7 Å². The lowest BCUT2D eigenvalue weighted by molar-refractivity contribution is -0.121. The highest BCUT2D eigenvalue weighted by atomic mass is 19.2. The third-order valence-corrected chi connectivity index (χ3v) is 4.42. The molecule has 0 aromatic heterocycles. The molecule has 0 aliphatic rings. The number of aliphatic hydroxyl groups excluding tert-OH is 1. The first kappa shape index (κ1) is 29.4. The Labute approximate surface area is 202 Å². The molecule has 2 rings (SSSR count). The summed E-state index contributed by atoms with van der Waals surface area (Å²) >= 11 is 0. The molecule has 192 valence electrons. The van der Waals surface area contributed by atoms with Gasteiger partial charge in [0.25, 0.3) is 5.91 Å². The van der Waals surface area contributed by atoms with E-state index in [1.165, 1.54) is 19.2 Å². The highest BCUT2D eigenvalue weighted by Crippen LogP contribution is 2.30. The average molecular weight is 497 g/mol. The van der Waals surface area contributed by atoms with Gasteiger partial charge in [-0.3, -0.25) is 9.59 Å². The standard InChI is InChI=1S/C21H23F3N4O3.C3H8O/c1-4-17(29)26-7-8-31-27-11-13-10-14(21(30)25-3)20(19(24)18(13)23)28-16-6-5-12(2)9-15(16)22;1-2-3-4/h5-6,9-11,28H,4,7-8H2,1-3H3,(H,25,30)(H,26,29);4H,2-3H2,1H3/b27-11+;. The van der Waals surface area contributed by atoms with Gasteiger partial charge in [0, 0.05) is 25.6 Å². The number of nitrogens with zero attached hydrogens (tertiary/aromatic N) is 1. The number of aliphatic hydroxyl groups is 1. The van der Waals surface area contributed by atoms with Crippen LogP contribution in [0, 0.1) is 24.4 Å². The maximum atomic E-state index is 14.8. The summed E-state index contributed by atoms with van der Waals surface area (Å²) in [6.45, 7) is 5.83. The summed E-state index contributed by atoms with van der Waals surface area (Å²) < 4.78 is 43.5. The molecule has 0 spiro atoms. The van der Waals surface area contributed by atoms with E-state index in [-0.39, 0.29) is 35.9 Å². The van der Waals surface area contributed by atoms with E-state index in [9.17, 15) is 22.8 Å². The summed E-state index contributed by atoms with van der Waals surface area (Å²) in [6.07, 6.45) is 2.10. The highest BCUT2D eigenvalue weighted by molar-refractivity contribution is 6.02. The lowest BCUT2D eigenvalue weighted by atomic mass is 10.1. The van der Waals surface area contributed by atoms with E-state index in [2.05, 4.69) is 21.1 Å². The fourth-order valence-electron chi connectivity index (χ4n) is 2.54. The minimum Gasteiger partial charge on any atom is -0.396 e. The Bertz CT molecular complexity index is 1030. The molecule has 0 fully saturated rings. The molecule has 35 heavy (non-hydrogen) atoms. The number of carbonyl (C=O) groups excluding carboxylic acids is 2. The molecule has 4 N–H and O–H groups in total. The fraction of sp³-hybridized carbons (Fsp3) is 0.375. The number of oxime groups is 1. The molecule has 0 heterocycles. The van der Waals surface area contributed by atoms with Crippen molar-refractivity contribution in [3.63, 3.8) is 0 Å². The third-order valence-electron chi connectivity index (χ3n) is 4.42. The molecule has 2 amide bonds.